The topological polar surface area (TPSA) is 29.3 Å². The normalized spacial score (nSPS) is 12.3. The number of benzene rings is 1. The van der Waals surface area contributed by atoms with Gasteiger partial charge in [0.2, 0.25) is 0 Å². The molecule has 0 aliphatic heterocycles. The molecule has 2 N–H and O–H groups in total. The van der Waals surface area contributed by atoms with Gasteiger partial charge in [-0.15, -0.1) is 13.2 Å². The number of nitrogens with zero attached hydrogens (tertiary/aromatic N) is 1. The molecule has 0 aromatic heterocycles. The number of rotatable bonds is 9. The van der Waals surface area contributed by atoms with Crippen LogP contribution in [0.3, 0.4) is 0 Å². The zero-order valence-corrected chi connectivity index (χ0v) is 11.1. The zero-order valence-electron chi connectivity index (χ0n) is 11.1. The molecule has 1 rings (SSSR count). The summed E-state index contributed by atoms with van der Waals surface area (Å²) in [5.41, 5.74) is 7.39. The van der Waals surface area contributed by atoms with Crippen LogP contribution in [0.15, 0.2) is 55.6 Å². The molecule has 0 saturated carbocycles. The van der Waals surface area contributed by atoms with Crippen LogP contribution in [0.1, 0.15) is 24.4 Å². The molecule has 0 aliphatic carbocycles. The summed E-state index contributed by atoms with van der Waals surface area (Å²) in [6.07, 6.45) is 5.97. The Morgan fingerprint density at radius 2 is 1.72 bits per heavy atom. The molecule has 0 spiro atoms. The van der Waals surface area contributed by atoms with E-state index in [-0.39, 0.29) is 6.04 Å². The van der Waals surface area contributed by atoms with E-state index in [1.807, 2.05) is 30.4 Å². The summed E-state index contributed by atoms with van der Waals surface area (Å²) in [6, 6.07) is 10.4. The van der Waals surface area contributed by atoms with E-state index < -0.39 is 0 Å². The van der Waals surface area contributed by atoms with Crippen molar-refractivity contribution in [2.75, 3.05) is 19.6 Å². The second-order valence-electron chi connectivity index (χ2n) is 4.50. The van der Waals surface area contributed by atoms with Gasteiger partial charge in [-0.2, -0.15) is 0 Å². The average Bonchev–Trinajstić information content (AvgIpc) is 2.40. The predicted octanol–water partition coefficient (Wildman–Crippen LogP) is 3.14. The standard InChI is InChI=1S/C16H24N2/c1-3-12-18(13-4-2)14-8-11-16(17)15-9-6-5-7-10-15/h3-7,9-10,16H,1-2,8,11-14,17H2. The van der Waals surface area contributed by atoms with Crippen LogP contribution in [0, 0.1) is 0 Å². The van der Waals surface area contributed by atoms with Crippen LogP contribution in [-0.2, 0) is 0 Å². The maximum Gasteiger partial charge on any atom is 0.0295 e. The second-order valence-corrected chi connectivity index (χ2v) is 4.50. The van der Waals surface area contributed by atoms with E-state index in [2.05, 4.69) is 30.2 Å². The third-order valence-electron chi connectivity index (χ3n) is 2.99. The summed E-state index contributed by atoms with van der Waals surface area (Å²) in [7, 11) is 0. The van der Waals surface area contributed by atoms with E-state index in [4.69, 9.17) is 5.73 Å². The minimum atomic E-state index is 0.139. The lowest BCUT2D eigenvalue weighted by molar-refractivity contribution is 0.322. The molecule has 1 aromatic carbocycles. The van der Waals surface area contributed by atoms with Crippen LogP contribution in [0.5, 0.6) is 0 Å². The fourth-order valence-electron chi connectivity index (χ4n) is 2.02. The molecule has 2 heteroatoms. The number of nitrogens with two attached hydrogens (primary N) is 1. The van der Waals surface area contributed by atoms with Gasteiger partial charge in [0, 0.05) is 19.1 Å². The van der Waals surface area contributed by atoms with Crippen molar-refractivity contribution in [2.24, 2.45) is 5.73 Å². The highest BCUT2D eigenvalue weighted by Crippen LogP contribution is 2.15. The van der Waals surface area contributed by atoms with Crippen molar-refractivity contribution in [3.05, 3.63) is 61.2 Å². The summed E-state index contributed by atoms with van der Waals surface area (Å²) in [5, 5.41) is 0. The van der Waals surface area contributed by atoms with Gasteiger partial charge < -0.3 is 5.73 Å². The fraction of sp³-hybridized carbons (Fsp3) is 0.375. The highest BCUT2D eigenvalue weighted by atomic mass is 15.1. The van der Waals surface area contributed by atoms with Gasteiger partial charge in [-0.1, -0.05) is 42.5 Å². The molecule has 1 aromatic rings. The maximum atomic E-state index is 6.17. The molecule has 0 aliphatic rings. The Hall–Kier alpha value is -1.38. The van der Waals surface area contributed by atoms with Gasteiger partial charge in [0.15, 0.2) is 0 Å². The summed E-state index contributed by atoms with van der Waals surface area (Å²) in [6.45, 7) is 10.4. The summed E-state index contributed by atoms with van der Waals surface area (Å²) in [5.74, 6) is 0. The Labute approximate surface area is 111 Å². The Balaban J connectivity index is 2.31. The SMILES string of the molecule is C=CCN(CC=C)CCCC(N)c1ccccc1. The molecule has 0 heterocycles. The first-order chi connectivity index (χ1) is 8.77. The quantitative estimate of drug-likeness (QED) is 0.676. The van der Waals surface area contributed by atoms with Gasteiger partial charge in [0.25, 0.3) is 0 Å². The molecular weight excluding hydrogens is 220 g/mol. The first-order valence-electron chi connectivity index (χ1n) is 6.52. The maximum absolute atomic E-state index is 6.17. The Bertz CT molecular complexity index is 335. The minimum Gasteiger partial charge on any atom is -0.324 e. The summed E-state index contributed by atoms with van der Waals surface area (Å²) in [4.78, 5) is 2.32. The lowest BCUT2D eigenvalue weighted by Gasteiger charge is -2.19. The van der Waals surface area contributed by atoms with Crippen molar-refractivity contribution in [2.45, 2.75) is 18.9 Å². The van der Waals surface area contributed by atoms with Crippen molar-refractivity contribution < 1.29 is 0 Å². The van der Waals surface area contributed by atoms with Crippen molar-refractivity contribution in [3.8, 4) is 0 Å². The Morgan fingerprint density at radius 3 is 2.28 bits per heavy atom. The molecule has 1 atom stereocenters. The number of hydrogen-bond donors (Lipinski definition) is 1. The minimum absolute atomic E-state index is 0.139. The van der Waals surface area contributed by atoms with E-state index in [0.29, 0.717) is 0 Å². The molecular formula is C16H24N2. The number of hydrogen-bond acceptors (Lipinski definition) is 2. The van der Waals surface area contributed by atoms with Crippen LogP contribution in [0.25, 0.3) is 0 Å². The molecule has 98 valence electrons. The van der Waals surface area contributed by atoms with Gasteiger partial charge in [0.05, 0.1) is 0 Å². The van der Waals surface area contributed by atoms with E-state index in [9.17, 15) is 0 Å². The molecule has 0 bridgehead atoms. The molecule has 2 nitrogen and oxygen atoms in total. The highest BCUT2D eigenvalue weighted by molar-refractivity contribution is 5.18. The van der Waals surface area contributed by atoms with Crippen molar-refractivity contribution in [1.29, 1.82) is 0 Å². The lowest BCUT2D eigenvalue weighted by Crippen LogP contribution is -2.25. The monoisotopic (exact) mass is 244 g/mol. The molecule has 18 heavy (non-hydrogen) atoms. The molecule has 0 fully saturated rings. The van der Waals surface area contributed by atoms with Crippen molar-refractivity contribution in [3.63, 3.8) is 0 Å². The first-order valence-corrected chi connectivity index (χ1v) is 6.52. The Morgan fingerprint density at radius 1 is 1.11 bits per heavy atom. The zero-order chi connectivity index (χ0) is 13.2. The molecule has 0 saturated heterocycles. The van der Waals surface area contributed by atoms with Crippen molar-refractivity contribution >= 4 is 0 Å². The van der Waals surface area contributed by atoms with Crippen LogP contribution in [0.4, 0.5) is 0 Å². The summed E-state index contributed by atoms with van der Waals surface area (Å²) >= 11 is 0. The first kappa shape index (κ1) is 14.7. The third kappa shape index (κ3) is 5.30. The average molecular weight is 244 g/mol. The smallest absolute Gasteiger partial charge is 0.0295 e. The van der Waals surface area contributed by atoms with E-state index in [0.717, 1.165) is 32.5 Å². The highest BCUT2D eigenvalue weighted by Gasteiger charge is 2.06. The second kappa shape index (κ2) is 8.67. The summed E-state index contributed by atoms with van der Waals surface area (Å²) < 4.78 is 0. The van der Waals surface area contributed by atoms with Crippen LogP contribution >= 0.6 is 0 Å². The van der Waals surface area contributed by atoms with Gasteiger partial charge in [-0.05, 0) is 24.9 Å². The molecule has 1 unspecified atom stereocenters. The van der Waals surface area contributed by atoms with Gasteiger partial charge >= 0.3 is 0 Å². The largest absolute Gasteiger partial charge is 0.324 e. The Kier molecular flexibility index (Phi) is 7.07. The van der Waals surface area contributed by atoms with Crippen molar-refractivity contribution in [1.82, 2.24) is 4.90 Å². The van der Waals surface area contributed by atoms with E-state index >= 15 is 0 Å². The van der Waals surface area contributed by atoms with E-state index in [1.165, 1.54) is 5.56 Å². The third-order valence-corrected chi connectivity index (χ3v) is 2.99. The predicted molar refractivity (Wildman–Crippen MR) is 79.4 cm³/mol. The van der Waals surface area contributed by atoms with Gasteiger partial charge in [-0.3, -0.25) is 4.90 Å². The molecule has 0 amide bonds. The fourth-order valence-corrected chi connectivity index (χ4v) is 2.02. The molecule has 0 radical (unpaired) electrons. The van der Waals surface area contributed by atoms with E-state index in [1.54, 1.807) is 0 Å². The van der Waals surface area contributed by atoms with Crippen LogP contribution in [-0.4, -0.2) is 24.5 Å². The van der Waals surface area contributed by atoms with Gasteiger partial charge in [0.1, 0.15) is 0 Å². The van der Waals surface area contributed by atoms with Crippen LogP contribution in [0.2, 0.25) is 0 Å². The van der Waals surface area contributed by atoms with Gasteiger partial charge in [-0.25, -0.2) is 0 Å². The van der Waals surface area contributed by atoms with Crippen LogP contribution < -0.4 is 5.73 Å². The lowest BCUT2D eigenvalue weighted by atomic mass is 10.0.